The van der Waals surface area contributed by atoms with Gasteiger partial charge in [-0.15, -0.1) is 0 Å². The first-order valence-electron chi connectivity index (χ1n) is 4.69. The lowest BCUT2D eigenvalue weighted by molar-refractivity contribution is 0.577. The van der Waals surface area contributed by atoms with Crippen molar-refractivity contribution in [3.8, 4) is 6.07 Å². The SMILES string of the molecule is N#Cc1cccnc1Sc1cc(F)ccc1F. The fraction of sp³-hybridized carbons (Fsp3) is 0. The first-order valence-corrected chi connectivity index (χ1v) is 5.50. The minimum Gasteiger partial charge on any atom is -0.248 e. The molecule has 2 rings (SSSR count). The average molecular weight is 248 g/mol. The highest BCUT2D eigenvalue weighted by molar-refractivity contribution is 7.99. The molecule has 0 radical (unpaired) electrons. The van der Waals surface area contributed by atoms with Gasteiger partial charge in [-0.05, 0) is 30.3 Å². The van der Waals surface area contributed by atoms with Crippen LogP contribution in [0.15, 0.2) is 46.5 Å². The van der Waals surface area contributed by atoms with Crippen LogP contribution in [0.25, 0.3) is 0 Å². The molecular formula is C12H6F2N2S. The number of halogens is 2. The molecule has 2 nitrogen and oxygen atoms in total. The third-order valence-corrected chi connectivity index (χ3v) is 3.04. The van der Waals surface area contributed by atoms with E-state index in [0.717, 1.165) is 30.0 Å². The topological polar surface area (TPSA) is 36.7 Å². The Morgan fingerprint density at radius 2 is 2.06 bits per heavy atom. The molecule has 1 heterocycles. The molecule has 0 saturated carbocycles. The minimum absolute atomic E-state index is 0.111. The highest BCUT2D eigenvalue weighted by Gasteiger charge is 2.09. The lowest BCUT2D eigenvalue weighted by atomic mass is 10.3. The second-order valence-corrected chi connectivity index (χ2v) is 4.18. The number of nitrogens with zero attached hydrogens (tertiary/aromatic N) is 2. The molecule has 0 N–H and O–H groups in total. The van der Waals surface area contributed by atoms with Crippen molar-refractivity contribution < 1.29 is 8.78 Å². The monoisotopic (exact) mass is 248 g/mol. The van der Waals surface area contributed by atoms with Gasteiger partial charge in [-0.25, -0.2) is 13.8 Å². The van der Waals surface area contributed by atoms with Gasteiger partial charge in [0, 0.05) is 6.20 Å². The highest BCUT2D eigenvalue weighted by Crippen LogP contribution is 2.30. The summed E-state index contributed by atoms with van der Waals surface area (Å²) in [6.07, 6.45) is 1.50. The molecule has 0 amide bonds. The van der Waals surface area contributed by atoms with Crippen LogP contribution < -0.4 is 0 Å². The van der Waals surface area contributed by atoms with Gasteiger partial charge in [-0.2, -0.15) is 5.26 Å². The molecule has 0 atom stereocenters. The van der Waals surface area contributed by atoms with Crippen LogP contribution in [0.5, 0.6) is 0 Å². The lowest BCUT2D eigenvalue weighted by Crippen LogP contribution is -1.88. The normalized spacial score (nSPS) is 9.94. The van der Waals surface area contributed by atoms with Crippen molar-refractivity contribution in [2.45, 2.75) is 9.92 Å². The van der Waals surface area contributed by atoms with E-state index in [1.165, 1.54) is 6.20 Å². The number of hydrogen-bond donors (Lipinski definition) is 0. The largest absolute Gasteiger partial charge is 0.248 e. The second-order valence-electron chi connectivity index (χ2n) is 3.14. The predicted molar refractivity (Wildman–Crippen MR) is 59.4 cm³/mol. The van der Waals surface area contributed by atoms with E-state index in [-0.39, 0.29) is 4.90 Å². The zero-order chi connectivity index (χ0) is 12.3. The maximum Gasteiger partial charge on any atom is 0.137 e. The summed E-state index contributed by atoms with van der Waals surface area (Å²) in [5, 5.41) is 9.21. The van der Waals surface area contributed by atoms with Crippen LogP contribution in [0, 0.1) is 23.0 Å². The van der Waals surface area contributed by atoms with Crippen LogP contribution in [-0.4, -0.2) is 4.98 Å². The molecule has 1 aromatic carbocycles. The van der Waals surface area contributed by atoms with Gasteiger partial charge in [0.15, 0.2) is 0 Å². The van der Waals surface area contributed by atoms with Crippen LogP contribution >= 0.6 is 11.8 Å². The van der Waals surface area contributed by atoms with E-state index in [1.54, 1.807) is 12.1 Å². The van der Waals surface area contributed by atoms with Gasteiger partial charge in [0.2, 0.25) is 0 Å². The Labute approximate surface area is 101 Å². The Morgan fingerprint density at radius 3 is 2.82 bits per heavy atom. The summed E-state index contributed by atoms with van der Waals surface area (Å²) < 4.78 is 26.4. The Bertz CT molecular complexity index is 593. The highest BCUT2D eigenvalue weighted by atomic mass is 32.2. The molecule has 2 aromatic rings. The van der Waals surface area contributed by atoms with E-state index in [4.69, 9.17) is 5.26 Å². The molecule has 1 aromatic heterocycles. The molecule has 0 aliphatic heterocycles. The number of aromatic nitrogens is 1. The summed E-state index contributed by atoms with van der Waals surface area (Å²) in [5.41, 5.74) is 0.334. The maximum atomic E-state index is 13.4. The van der Waals surface area contributed by atoms with Crippen LogP contribution in [-0.2, 0) is 0 Å². The third-order valence-electron chi connectivity index (χ3n) is 1.99. The molecule has 0 fully saturated rings. The standard InChI is InChI=1S/C12H6F2N2S/c13-9-3-4-10(14)11(6-9)17-12-8(7-15)2-1-5-16-12/h1-6H. The van der Waals surface area contributed by atoms with Gasteiger partial charge in [-0.1, -0.05) is 11.8 Å². The fourth-order valence-electron chi connectivity index (χ4n) is 1.22. The molecule has 0 spiro atoms. The van der Waals surface area contributed by atoms with Crippen molar-refractivity contribution in [1.29, 1.82) is 5.26 Å². The Morgan fingerprint density at radius 1 is 1.24 bits per heavy atom. The summed E-state index contributed by atoms with van der Waals surface area (Å²) in [6, 6.07) is 8.31. The summed E-state index contributed by atoms with van der Waals surface area (Å²) in [7, 11) is 0. The van der Waals surface area contributed by atoms with Crippen molar-refractivity contribution in [1.82, 2.24) is 4.98 Å². The van der Waals surface area contributed by atoms with Crippen LogP contribution in [0.4, 0.5) is 8.78 Å². The van der Waals surface area contributed by atoms with Gasteiger partial charge in [0.25, 0.3) is 0 Å². The van der Waals surface area contributed by atoms with Gasteiger partial charge < -0.3 is 0 Å². The zero-order valence-corrected chi connectivity index (χ0v) is 9.34. The van der Waals surface area contributed by atoms with E-state index in [1.807, 2.05) is 6.07 Å². The van der Waals surface area contributed by atoms with Gasteiger partial charge >= 0.3 is 0 Å². The van der Waals surface area contributed by atoms with E-state index < -0.39 is 11.6 Å². The minimum atomic E-state index is -0.536. The number of pyridine rings is 1. The molecule has 0 saturated heterocycles. The average Bonchev–Trinajstić information content (AvgIpc) is 2.34. The summed E-state index contributed by atoms with van der Waals surface area (Å²) in [5.74, 6) is -1.06. The molecule has 0 aliphatic rings. The molecule has 5 heteroatoms. The fourth-order valence-corrected chi connectivity index (χ4v) is 2.10. The molecule has 0 aliphatic carbocycles. The quantitative estimate of drug-likeness (QED) is 0.817. The lowest BCUT2D eigenvalue weighted by Gasteiger charge is -2.03. The Kier molecular flexibility index (Phi) is 3.35. The van der Waals surface area contributed by atoms with Crippen molar-refractivity contribution in [3.05, 3.63) is 53.7 Å². The number of benzene rings is 1. The van der Waals surface area contributed by atoms with Crippen molar-refractivity contribution in [3.63, 3.8) is 0 Å². The van der Waals surface area contributed by atoms with E-state index in [2.05, 4.69) is 4.98 Å². The van der Waals surface area contributed by atoms with E-state index in [9.17, 15) is 8.78 Å². The maximum absolute atomic E-state index is 13.4. The predicted octanol–water partition coefficient (Wildman–Crippen LogP) is 3.38. The van der Waals surface area contributed by atoms with Crippen molar-refractivity contribution in [2.75, 3.05) is 0 Å². The first-order chi connectivity index (χ1) is 8.20. The third kappa shape index (κ3) is 2.60. The molecule has 0 unspecified atom stereocenters. The van der Waals surface area contributed by atoms with Gasteiger partial charge in [0.05, 0.1) is 10.5 Å². The summed E-state index contributed by atoms with van der Waals surface area (Å²) >= 11 is 0.931. The smallest absolute Gasteiger partial charge is 0.137 e. The Hall–Kier alpha value is -1.93. The molecule has 84 valence electrons. The molecule has 17 heavy (non-hydrogen) atoms. The molecule has 0 bridgehead atoms. The second kappa shape index (κ2) is 4.93. The summed E-state index contributed by atoms with van der Waals surface area (Å²) in [6.45, 7) is 0. The number of nitriles is 1. The van der Waals surface area contributed by atoms with Gasteiger partial charge in [0.1, 0.15) is 22.7 Å². The van der Waals surface area contributed by atoms with Crippen molar-refractivity contribution >= 4 is 11.8 Å². The van der Waals surface area contributed by atoms with Crippen LogP contribution in [0.2, 0.25) is 0 Å². The summed E-state index contributed by atoms with van der Waals surface area (Å²) in [4.78, 5) is 4.08. The van der Waals surface area contributed by atoms with E-state index in [0.29, 0.717) is 10.6 Å². The van der Waals surface area contributed by atoms with Crippen LogP contribution in [0.1, 0.15) is 5.56 Å². The van der Waals surface area contributed by atoms with E-state index >= 15 is 0 Å². The molecular weight excluding hydrogens is 242 g/mol. The van der Waals surface area contributed by atoms with Crippen LogP contribution in [0.3, 0.4) is 0 Å². The number of rotatable bonds is 2. The van der Waals surface area contributed by atoms with Crippen molar-refractivity contribution in [2.24, 2.45) is 0 Å². The first kappa shape index (κ1) is 11.6. The Balaban J connectivity index is 2.38. The van der Waals surface area contributed by atoms with Gasteiger partial charge in [-0.3, -0.25) is 0 Å². The zero-order valence-electron chi connectivity index (χ0n) is 8.52. The number of hydrogen-bond acceptors (Lipinski definition) is 3.